The third kappa shape index (κ3) is 5.40. The summed E-state index contributed by atoms with van der Waals surface area (Å²) in [6, 6.07) is 18.1. The van der Waals surface area contributed by atoms with Gasteiger partial charge in [0.2, 0.25) is 5.91 Å². The second-order valence-electron chi connectivity index (χ2n) is 8.31. The van der Waals surface area contributed by atoms with Crippen LogP contribution in [0.4, 0.5) is 0 Å². The van der Waals surface area contributed by atoms with E-state index in [-0.39, 0.29) is 30.4 Å². The van der Waals surface area contributed by atoms with Crippen molar-refractivity contribution in [2.45, 2.75) is 32.4 Å². The standard InChI is InChI=1S/C26H27ClN2O3S/c1-18(2)29(26(31)19-6-4-3-5-7-19)16-25(30)28-14-12-24-22(13-15-33-24)23(28)17-32-21-10-8-20(27)9-11-21/h3-11,13,15,18,23H,12,14,16-17H2,1-2H3/t23-/m1/s1. The Labute approximate surface area is 203 Å². The zero-order chi connectivity index (χ0) is 23.4. The van der Waals surface area contributed by atoms with Crippen LogP contribution in [0.25, 0.3) is 0 Å². The molecule has 7 heteroatoms. The summed E-state index contributed by atoms with van der Waals surface area (Å²) in [5.41, 5.74) is 1.71. The first-order valence-corrected chi connectivity index (χ1v) is 12.3. The summed E-state index contributed by atoms with van der Waals surface area (Å²) in [7, 11) is 0. The Morgan fingerprint density at radius 3 is 2.55 bits per heavy atom. The van der Waals surface area contributed by atoms with Gasteiger partial charge < -0.3 is 14.5 Å². The van der Waals surface area contributed by atoms with E-state index >= 15 is 0 Å². The average molecular weight is 483 g/mol. The van der Waals surface area contributed by atoms with Crippen LogP contribution in [-0.2, 0) is 11.2 Å². The van der Waals surface area contributed by atoms with E-state index in [0.717, 1.165) is 12.0 Å². The maximum atomic E-state index is 13.5. The molecule has 1 atom stereocenters. The minimum Gasteiger partial charge on any atom is -0.491 e. The van der Waals surface area contributed by atoms with Gasteiger partial charge in [0, 0.05) is 28.0 Å². The first-order valence-electron chi connectivity index (χ1n) is 11.0. The highest BCUT2D eigenvalue weighted by Crippen LogP contribution is 2.34. The number of benzene rings is 2. The molecule has 2 heterocycles. The van der Waals surface area contributed by atoms with Gasteiger partial charge in [-0.3, -0.25) is 9.59 Å². The van der Waals surface area contributed by atoms with Crippen LogP contribution in [0.15, 0.2) is 66.0 Å². The predicted octanol–water partition coefficient (Wildman–Crippen LogP) is 5.46. The van der Waals surface area contributed by atoms with Gasteiger partial charge in [0.05, 0.1) is 6.04 Å². The van der Waals surface area contributed by atoms with Gasteiger partial charge in [0.15, 0.2) is 0 Å². The van der Waals surface area contributed by atoms with E-state index in [4.69, 9.17) is 16.3 Å². The van der Waals surface area contributed by atoms with Crippen LogP contribution in [-0.4, -0.2) is 47.4 Å². The van der Waals surface area contributed by atoms with Crippen molar-refractivity contribution in [3.63, 3.8) is 0 Å². The largest absolute Gasteiger partial charge is 0.491 e. The zero-order valence-electron chi connectivity index (χ0n) is 18.7. The second-order valence-corrected chi connectivity index (χ2v) is 9.75. The fourth-order valence-corrected chi connectivity index (χ4v) is 5.11. The highest BCUT2D eigenvalue weighted by Gasteiger charge is 2.34. The summed E-state index contributed by atoms with van der Waals surface area (Å²) >= 11 is 7.69. The average Bonchev–Trinajstić information content (AvgIpc) is 3.31. The molecule has 172 valence electrons. The number of ether oxygens (including phenoxy) is 1. The molecule has 0 unspecified atom stereocenters. The molecular formula is C26H27ClN2O3S. The van der Waals surface area contributed by atoms with Crippen LogP contribution >= 0.6 is 22.9 Å². The molecule has 33 heavy (non-hydrogen) atoms. The maximum absolute atomic E-state index is 13.5. The lowest BCUT2D eigenvalue weighted by atomic mass is 10.00. The van der Waals surface area contributed by atoms with Gasteiger partial charge in [0.1, 0.15) is 18.9 Å². The van der Waals surface area contributed by atoms with Gasteiger partial charge in [-0.1, -0.05) is 29.8 Å². The topological polar surface area (TPSA) is 49.9 Å². The lowest BCUT2D eigenvalue weighted by Gasteiger charge is -2.37. The molecule has 0 saturated carbocycles. The Bertz CT molecular complexity index is 1100. The quantitative estimate of drug-likeness (QED) is 0.449. The summed E-state index contributed by atoms with van der Waals surface area (Å²) in [6.45, 7) is 4.84. The van der Waals surface area contributed by atoms with Gasteiger partial charge in [-0.25, -0.2) is 0 Å². The predicted molar refractivity (Wildman–Crippen MR) is 132 cm³/mol. The molecule has 5 nitrogen and oxygen atoms in total. The van der Waals surface area contributed by atoms with Crippen LogP contribution in [0.3, 0.4) is 0 Å². The van der Waals surface area contributed by atoms with Gasteiger partial charge >= 0.3 is 0 Å². The Balaban J connectivity index is 1.52. The Hall–Kier alpha value is -2.83. The lowest BCUT2D eigenvalue weighted by Crippen LogP contribution is -2.49. The van der Waals surface area contributed by atoms with Gasteiger partial charge in [0.25, 0.3) is 5.91 Å². The molecule has 0 N–H and O–H groups in total. The molecule has 0 fully saturated rings. The normalized spacial score (nSPS) is 15.3. The van der Waals surface area contributed by atoms with Gasteiger partial charge in [-0.2, -0.15) is 0 Å². The van der Waals surface area contributed by atoms with Crippen LogP contribution in [0, 0.1) is 0 Å². The summed E-state index contributed by atoms with van der Waals surface area (Å²) < 4.78 is 6.05. The molecule has 0 saturated heterocycles. The summed E-state index contributed by atoms with van der Waals surface area (Å²) in [5.74, 6) is 0.493. The molecule has 4 rings (SSSR count). The summed E-state index contributed by atoms with van der Waals surface area (Å²) in [4.78, 5) is 31.4. The smallest absolute Gasteiger partial charge is 0.254 e. The molecule has 1 aliphatic heterocycles. The monoisotopic (exact) mass is 482 g/mol. The first kappa shape index (κ1) is 23.3. The fraction of sp³-hybridized carbons (Fsp3) is 0.308. The van der Waals surface area contributed by atoms with Crippen molar-refractivity contribution < 1.29 is 14.3 Å². The number of nitrogens with zero attached hydrogens (tertiary/aromatic N) is 2. The molecule has 2 aromatic carbocycles. The Morgan fingerprint density at radius 2 is 1.85 bits per heavy atom. The number of hydrogen-bond donors (Lipinski definition) is 0. The minimum atomic E-state index is -0.205. The van der Waals surface area contributed by atoms with Crippen molar-refractivity contribution in [3.05, 3.63) is 87.1 Å². The van der Waals surface area contributed by atoms with Crippen molar-refractivity contribution in [1.29, 1.82) is 0 Å². The van der Waals surface area contributed by atoms with E-state index in [2.05, 4.69) is 11.4 Å². The number of fused-ring (bicyclic) bond motifs is 1. The number of carbonyl (C=O) groups is 2. The van der Waals surface area contributed by atoms with Crippen molar-refractivity contribution >= 4 is 34.8 Å². The van der Waals surface area contributed by atoms with Crippen LogP contribution in [0.5, 0.6) is 5.75 Å². The van der Waals surface area contributed by atoms with E-state index in [0.29, 0.717) is 29.5 Å². The molecular weight excluding hydrogens is 456 g/mol. The van der Waals surface area contributed by atoms with Gasteiger partial charge in [-0.15, -0.1) is 11.3 Å². The van der Waals surface area contributed by atoms with E-state index in [1.165, 1.54) is 4.88 Å². The molecule has 0 bridgehead atoms. The molecule has 0 radical (unpaired) electrons. The van der Waals surface area contributed by atoms with Crippen LogP contribution < -0.4 is 4.74 Å². The number of hydrogen-bond acceptors (Lipinski definition) is 4. The molecule has 2 amide bonds. The number of thiophene rings is 1. The first-order chi connectivity index (χ1) is 15.9. The zero-order valence-corrected chi connectivity index (χ0v) is 20.3. The molecule has 0 aliphatic carbocycles. The number of rotatable bonds is 7. The molecule has 0 spiro atoms. The Kier molecular flexibility index (Phi) is 7.36. The van der Waals surface area contributed by atoms with Crippen molar-refractivity contribution in [2.24, 2.45) is 0 Å². The fourth-order valence-electron chi connectivity index (χ4n) is 4.05. The Morgan fingerprint density at radius 1 is 1.12 bits per heavy atom. The van der Waals surface area contributed by atoms with Crippen LogP contribution in [0.2, 0.25) is 5.02 Å². The molecule has 1 aliphatic rings. The van der Waals surface area contributed by atoms with E-state index < -0.39 is 0 Å². The van der Waals surface area contributed by atoms with E-state index in [1.54, 1.807) is 40.5 Å². The number of amides is 2. The van der Waals surface area contributed by atoms with E-state index in [1.807, 2.05) is 49.1 Å². The van der Waals surface area contributed by atoms with Crippen molar-refractivity contribution in [3.8, 4) is 5.75 Å². The van der Waals surface area contributed by atoms with Gasteiger partial charge in [-0.05, 0) is 73.7 Å². The third-order valence-electron chi connectivity index (χ3n) is 5.85. The maximum Gasteiger partial charge on any atom is 0.254 e. The second kappa shape index (κ2) is 10.4. The third-order valence-corrected chi connectivity index (χ3v) is 7.10. The SMILES string of the molecule is CC(C)N(CC(=O)N1CCc2sccc2[C@H]1COc1ccc(Cl)cc1)C(=O)c1ccccc1. The van der Waals surface area contributed by atoms with Crippen LogP contribution in [0.1, 0.15) is 40.7 Å². The summed E-state index contributed by atoms with van der Waals surface area (Å²) in [5, 5.41) is 2.71. The number of carbonyl (C=O) groups excluding carboxylic acids is 2. The van der Waals surface area contributed by atoms with Crippen molar-refractivity contribution in [2.75, 3.05) is 19.7 Å². The summed E-state index contributed by atoms with van der Waals surface area (Å²) in [6.07, 6.45) is 0.810. The molecule has 1 aromatic heterocycles. The highest BCUT2D eigenvalue weighted by atomic mass is 35.5. The lowest BCUT2D eigenvalue weighted by molar-refractivity contribution is -0.136. The number of halogens is 1. The highest BCUT2D eigenvalue weighted by molar-refractivity contribution is 7.10. The minimum absolute atomic E-state index is 0.0301. The van der Waals surface area contributed by atoms with Crippen molar-refractivity contribution in [1.82, 2.24) is 9.80 Å². The molecule has 3 aromatic rings. The van der Waals surface area contributed by atoms with E-state index in [9.17, 15) is 9.59 Å².